The Kier molecular flexibility index (Phi) is 5.94. The highest BCUT2D eigenvalue weighted by molar-refractivity contribution is 5.76. The number of carbonyl (C=O) groups is 1. The molecule has 1 amide bonds. The first kappa shape index (κ1) is 19.2. The van der Waals surface area contributed by atoms with E-state index in [2.05, 4.69) is 27.2 Å². The van der Waals surface area contributed by atoms with Gasteiger partial charge in [-0.1, -0.05) is 48.5 Å². The maximum Gasteiger partial charge on any atom is 0.223 e. The summed E-state index contributed by atoms with van der Waals surface area (Å²) in [7, 11) is 0. The number of amides is 1. The first-order valence-electron chi connectivity index (χ1n) is 10.3. The van der Waals surface area contributed by atoms with Crippen LogP contribution in [0.15, 0.2) is 60.8 Å². The fourth-order valence-electron chi connectivity index (χ4n) is 3.90. The van der Waals surface area contributed by atoms with Gasteiger partial charge in [-0.25, -0.2) is 0 Å². The fraction of sp³-hybridized carbons (Fsp3) is 0.333. The van der Waals surface area contributed by atoms with Crippen molar-refractivity contribution in [2.75, 3.05) is 6.61 Å². The van der Waals surface area contributed by atoms with Crippen molar-refractivity contribution in [3.8, 4) is 5.75 Å². The summed E-state index contributed by atoms with van der Waals surface area (Å²) >= 11 is 0. The van der Waals surface area contributed by atoms with Gasteiger partial charge in [-0.15, -0.1) is 0 Å². The molecule has 5 heteroatoms. The molecule has 5 nitrogen and oxygen atoms in total. The van der Waals surface area contributed by atoms with Crippen LogP contribution in [-0.4, -0.2) is 22.3 Å². The number of aryl methyl sites for hydroxylation is 1. The number of hydrogen-bond acceptors (Lipinski definition) is 3. The summed E-state index contributed by atoms with van der Waals surface area (Å²) in [5.41, 5.74) is 4.70. The highest BCUT2D eigenvalue weighted by Crippen LogP contribution is 2.30. The summed E-state index contributed by atoms with van der Waals surface area (Å²) in [4.78, 5) is 12.5. The molecule has 150 valence electrons. The van der Waals surface area contributed by atoms with Gasteiger partial charge in [-0.05, 0) is 43.4 Å². The van der Waals surface area contributed by atoms with Crippen LogP contribution in [0.25, 0.3) is 0 Å². The van der Waals surface area contributed by atoms with E-state index in [1.165, 1.54) is 11.3 Å². The number of rotatable bonds is 7. The topological polar surface area (TPSA) is 56.1 Å². The molecule has 29 heavy (non-hydrogen) atoms. The molecule has 0 aliphatic heterocycles. The summed E-state index contributed by atoms with van der Waals surface area (Å²) in [6, 6.07) is 18.3. The molecule has 0 saturated carbocycles. The normalized spacial score (nSPS) is 15.6. The van der Waals surface area contributed by atoms with Gasteiger partial charge in [0.1, 0.15) is 5.75 Å². The van der Waals surface area contributed by atoms with Crippen molar-refractivity contribution in [1.82, 2.24) is 15.1 Å². The van der Waals surface area contributed by atoms with Crippen molar-refractivity contribution in [3.63, 3.8) is 0 Å². The van der Waals surface area contributed by atoms with Gasteiger partial charge in [0.2, 0.25) is 5.91 Å². The molecule has 1 aliphatic carbocycles. The molecule has 0 bridgehead atoms. The van der Waals surface area contributed by atoms with E-state index in [0.29, 0.717) is 13.0 Å². The van der Waals surface area contributed by atoms with Crippen molar-refractivity contribution in [2.24, 2.45) is 0 Å². The summed E-state index contributed by atoms with van der Waals surface area (Å²) in [6.45, 7) is 3.15. The summed E-state index contributed by atoms with van der Waals surface area (Å²) in [5.74, 6) is 0.856. The van der Waals surface area contributed by atoms with Crippen molar-refractivity contribution in [1.29, 1.82) is 0 Å². The molecule has 2 aromatic carbocycles. The zero-order valence-electron chi connectivity index (χ0n) is 16.8. The van der Waals surface area contributed by atoms with Crippen molar-refractivity contribution in [3.05, 3.63) is 83.2 Å². The van der Waals surface area contributed by atoms with E-state index in [9.17, 15) is 4.79 Å². The van der Waals surface area contributed by atoms with Crippen LogP contribution in [0.1, 0.15) is 47.7 Å². The molecule has 1 aromatic heterocycles. The maximum absolute atomic E-state index is 12.5. The van der Waals surface area contributed by atoms with Gasteiger partial charge in [-0.2, -0.15) is 5.10 Å². The molecule has 0 unspecified atom stereocenters. The smallest absolute Gasteiger partial charge is 0.223 e. The Balaban J connectivity index is 1.34. The molecule has 1 N–H and O–H groups in total. The molecule has 3 aromatic rings. The van der Waals surface area contributed by atoms with Gasteiger partial charge in [0.25, 0.3) is 0 Å². The third-order valence-electron chi connectivity index (χ3n) is 5.45. The average molecular weight is 389 g/mol. The number of hydrogen-bond donors (Lipinski definition) is 1. The highest BCUT2D eigenvalue weighted by atomic mass is 16.5. The Morgan fingerprint density at radius 2 is 1.97 bits per heavy atom. The summed E-state index contributed by atoms with van der Waals surface area (Å²) in [5, 5.41) is 7.78. The number of nitrogens with zero attached hydrogens (tertiary/aromatic N) is 2. The van der Waals surface area contributed by atoms with Crippen LogP contribution in [0.3, 0.4) is 0 Å². The van der Waals surface area contributed by atoms with E-state index < -0.39 is 0 Å². The first-order valence-corrected chi connectivity index (χ1v) is 10.3. The van der Waals surface area contributed by atoms with E-state index >= 15 is 0 Å². The van der Waals surface area contributed by atoms with Gasteiger partial charge >= 0.3 is 0 Å². The predicted octanol–water partition coefficient (Wildman–Crippen LogP) is 4.20. The second-order valence-electron chi connectivity index (χ2n) is 7.57. The zero-order valence-corrected chi connectivity index (χ0v) is 16.8. The lowest BCUT2D eigenvalue weighted by molar-refractivity contribution is -0.122. The third-order valence-corrected chi connectivity index (χ3v) is 5.45. The van der Waals surface area contributed by atoms with E-state index in [-0.39, 0.29) is 11.9 Å². The Bertz CT molecular complexity index is 965. The molecule has 1 atom stereocenters. The largest absolute Gasteiger partial charge is 0.493 e. The lowest BCUT2D eigenvalue weighted by atomic mass is 9.92. The minimum atomic E-state index is 0.0206. The minimum Gasteiger partial charge on any atom is -0.493 e. The van der Waals surface area contributed by atoms with E-state index in [0.717, 1.165) is 42.7 Å². The second-order valence-corrected chi connectivity index (χ2v) is 7.57. The van der Waals surface area contributed by atoms with Crippen LogP contribution in [0.2, 0.25) is 0 Å². The Labute approximate surface area is 171 Å². The Morgan fingerprint density at radius 3 is 2.79 bits per heavy atom. The van der Waals surface area contributed by atoms with Gasteiger partial charge < -0.3 is 10.1 Å². The number of benzene rings is 2. The lowest BCUT2D eigenvalue weighted by Crippen LogP contribution is -2.31. The second kappa shape index (κ2) is 8.95. The van der Waals surface area contributed by atoms with Crippen LogP contribution in [0.5, 0.6) is 5.75 Å². The standard InChI is InChI=1S/C24H27N3O2/c1-18-8-5-6-13-23(18)29-15-14-24(28)26-21-11-7-12-22-20(21)16-25-27(22)17-19-9-3-2-4-10-19/h2-6,8-10,13,16,21H,7,11-12,14-15,17H2,1H3,(H,26,28)/t21-/m1/s1. The van der Waals surface area contributed by atoms with Crippen molar-refractivity contribution < 1.29 is 9.53 Å². The number of nitrogens with one attached hydrogen (secondary N) is 1. The Morgan fingerprint density at radius 1 is 1.17 bits per heavy atom. The molecule has 0 radical (unpaired) electrons. The summed E-state index contributed by atoms with van der Waals surface area (Å²) in [6.07, 6.45) is 5.28. The monoisotopic (exact) mass is 389 g/mol. The Hall–Kier alpha value is -3.08. The molecule has 0 saturated heterocycles. The van der Waals surface area contributed by atoms with Crippen LogP contribution in [0, 0.1) is 6.92 Å². The highest BCUT2D eigenvalue weighted by Gasteiger charge is 2.25. The first-order chi connectivity index (χ1) is 14.2. The van der Waals surface area contributed by atoms with Crippen molar-refractivity contribution in [2.45, 2.75) is 45.2 Å². The van der Waals surface area contributed by atoms with Gasteiger partial charge in [0.05, 0.1) is 31.8 Å². The average Bonchev–Trinajstić information content (AvgIpc) is 3.14. The summed E-state index contributed by atoms with van der Waals surface area (Å²) < 4.78 is 7.83. The van der Waals surface area contributed by atoms with E-state index in [1.54, 1.807) is 0 Å². The number of ether oxygens (including phenoxy) is 1. The number of carbonyl (C=O) groups excluding carboxylic acids is 1. The molecule has 1 aliphatic rings. The molecular formula is C24H27N3O2. The molecule has 0 fully saturated rings. The number of aromatic nitrogens is 2. The predicted molar refractivity (Wildman–Crippen MR) is 113 cm³/mol. The van der Waals surface area contributed by atoms with E-state index in [4.69, 9.17) is 4.74 Å². The lowest BCUT2D eigenvalue weighted by Gasteiger charge is -2.24. The minimum absolute atomic E-state index is 0.0206. The molecular weight excluding hydrogens is 362 g/mol. The fourth-order valence-corrected chi connectivity index (χ4v) is 3.90. The van der Waals surface area contributed by atoms with Gasteiger partial charge in [0, 0.05) is 11.3 Å². The SMILES string of the molecule is Cc1ccccc1OCCC(=O)N[C@@H]1CCCc2c1cnn2Cc1ccccc1. The molecule has 4 rings (SSSR count). The number of fused-ring (bicyclic) bond motifs is 1. The molecule has 0 spiro atoms. The number of para-hydroxylation sites is 1. The van der Waals surface area contributed by atoms with Crippen LogP contribution in [-0.2, 0) is 17.8 Å². The van der Waals surface area contributed by atoms with Crippen LogP contribution >= 0.6 is 0 Å². The molecule has 1 heterocycles. The van der Waals surface area contributed by atoms with Gasteiger partial charge in [-0.3, -0.25) is 9.48 Å². The van der Waals surface area contributed by atoms with Gasteiger partial charge in [0.15, 0.2) is 0 Å². The quantitative estimate of drug-likeness (QED) is 0.659. The van der Waals surface area contributed by atoms with Crippen molar-refractivity contribution >= 4 is 5.91 Å². The zero-order chi connectivity index (χ0) is 20.1. The van der Waals surface area contributed by atoms with Crippen LogP contribution < -0.4 is 10.1 Å². The van der Waals surface area contributed by atoms with E-state index in [1.807, 2.05) is 55.6 Å². The maximum atomic E-state index is 12.5. The third kappa shape index (κ3) is 4.67. The van der Waals surface area contributed by atoms with Crippen LogP contribution in [0.4, 0.5) is 0 Å².